The van der Waals surface area contributed by atoms with Crippen molar-refractivity contribution in [3.8, 4) is 11.5 Å². The van der Waals surface area contributed by atoms with E-state index in [2.05, 4.69) is 11.5 Å². The molecule has 1 aromatic carbocycles. The molecule has 0 aromatic heterocycles. The van der Waals surface area contributed by atoms with E-state index in [1.165, 1.54) is 45.3 Å². The fourth-order valence-electron chi connectivity index (χ4n) is 2.64. The third-order valence-corrected chi connectivity index (χ3v) is 3.78. The maximum Gasteiger partial charge on any atom is 0.161 e. The summed E-state index contributed by atoms with van der Waals surface area (Å²) in [6.07, 6.45) is 8.17. The van der Waals surface area contributed by atoms with E-state index in [-0.39, 0.29) is 0 Å². The first kappa shape index (κ1) is 15.9. The SMILES string of the molecule is C=CCOc1ccccc1OCCCCN1CCCCC1. The Morgan fingerprint density at radius 1 is 1.00 bits per heavy atom. The molecule has 1 heterocycles. The van der Waals surface area contributed by atoms with Crippen LogP contribution in [-0.2, 0) is 0 Å². The van der Waals surface area contributed by atoms with Gasteiger partial charge in [-0.05, 0) is 57.5 Å². The minimum atomic E-state index is 0.509. The maximum absolute atomic E-state index is 5.85. The summed E-state index contributed by atoms with van der Waals surface area (Å²) in [4.78, 5) is 2.57. The molecule has 0 spiro atoms. The van der Waals surface area contributed by atoms with E-state index in [0.717, 1.165) is 24.5 Å². The van der Waals surface area contributed by atoms with E-state index in [9.17, 15) is 0 Å². The first-order valence-corrected chi connectivity index (χ1v) is 8.08. The van der Waals surface area contributed by atoms with Crippen LogP contribution in [0.15, 0.2) is 36.9 Å². The van der Waals surface area contributed by atoms with Gasteiger partial charge >= 0.3 is 0 Å². The Bertz CT molecular complexity index is 413. The number of para-hydroxylation sites is 2. The molecule has 1 aromatic rings. The van der Waals surface area contributed by atoms with Crippen molar-refractivity contribution in [1.82, 2.24) is 4.90 Å². The van der Waals surface area contributed by atoms with E-state index in [1.54, 1.807) is 6.08 Å². The van der Waals surface area contributed by atoms with Crippen LogP contribution in [0.5, 0.6) is 11.5 Å². The van der Waals surface area contributed by atoms with Gasteiger partial charge in [-0.15, -0.1) is 0 Å². The number of benzene rings is 1. The van der Waals surface area contributed by atoms with Crippen molar-refractivity contribution in [2.24, 2.45) is 0 Å². The molecule has 116 valence electrons. The lowest BCUT2D eigenvalue weighted by molar-refractivity contribution is 0.214. The lowest BCUT2D eigenvalue weighted by atomic mass is 10.1. The second kappa shape index (κ2) is 9.46. The zero-order chi connectivity index (χ0) is 14.8. The Morgan fingerprint density at radius 2 is 1.71 bits per heavy atom. The number of likely N-dealkylation sites (tertiary alicyclic amines) is 1. The van der Waals surface area contributed by atoms with Crippen LogP contribution < -0.4 is 9.47 Å². The van der Waals surface area contributed by atoms with E-state index in [4.69, 9.17) is 9.47 Å². The van der Waals surface area contributed by atoms with Crippen molar-refractivity contribution >= 4 is 0 Å². The minimum absolute atomic E-state index is 0.509. The quantitative estimate of drug-likeness (QED) is 0.508. The number of piperidine rings is 1. The maximum atomic E-state index is 5.85. The zero-order valence-corrected chi connectivity index (χ0v) is 12.9. The molecule has 3 heteroatoms. The molecule has 21 heavy (non-hydrogen) atoms. The standard InChI is InChI=1S/C18H27NO2/c1-2-15-20-17-10-4-5-11-18(17)21-16-9-8-14-19-12-6-3-7-13-19/h2,4-5,10-11H,1,3,6-9,12-16H2. The molecule has 0 unspecified atom stereocenters. The Hall–Kier alpha value is -1.48. The second-order valence-corrected chi connectivity index (χ2v) is 5.50. The number of rotatable bonds is 9. The monoisotopic (exact) mass is 289 g/mol. The van der Waals surface area contributed by atoms with Crippen LogP contribution in [0.2, 0.25) is 0 Å². The van der Waals surface area contributed by atoms with Gasteiger partial charge in [-0.3, -0.25) is 0 Å². The van der Waals surface area contributed by atoms with E-state index in [0.29, 0.717) is 6.61 Å². The molecule has 1 fully saturated rings. The highest BCUT2D eigenvalue weighted by Gasteiger charge is 2.09. The number of hydrogen-bond donors (Lipinski definition) is 0. The van der Waals surface area contributed by atoms with Crippen molar-refractivity contribution in [2.45, 2.75) is 32.1 Å². The Kier molecular flexibility index (Phi) is 7.16. The van der Waals surface area contributed by atoms with Crippen LogP contribution in [0.4, 0.5) is 0 Å². The summed E-state index contributed by atoms with van der Waals surface area (Å²) in [6, 6.07) is 7.83. The zero-order valence-electron chi connectivity index (χ0n) is 12.9. The van der Waals surface area contributed by atoms with Gasteiger partial charge in [0.1, 0.15) is 6.61 Å². The lowest BCUT2D eigenvalue weighted by Crippen LogP contribution is -2.30. The average molecular weight is 289 g/mol. The summed E-state index contributed by atoms with van der Waals surface area (Å²) in [5.41, 5.74) is 0. The van der Waals surface area contributed by atoms with Crippen LogP contribution in [0.3, 0.4) is 0 Å². The van der Waals surface area contributed by atoms with Crippen molar-refractivity contribution in [3.63, 3.8) is 0 Å². The molecule has 1 aliphatic heterocycles. The van der Waals surface area contributed by atoms with Gasteiger partial charge in [-0.2, -0.15) is 0 Å². The van der Waals surface area contributed by atoms with Gasteiger partial charge in [-0.1, -0.05) is 31.2 Å². The third kappa shape index (κ3) is 5.80. The minimum Gasteiger partial charge on any atom is -0.490 e. The van der Waals surface area contributed by atoms with Crippen LogP contribution in [0.1, 0.15) is 32.1 Å². The molecule has 1 aliphatic rings. The Balaban J connectivity index is 1.64. The lowest BCUT2D eigenvalue weighted by Gasteiger charge is -2.26. The Morgan fingerprint density at radius 3 is 2.43 bits per heavy atom. The highest BCUT2D eigenvalue weighted by Crippen LogP contribution is 2.26. The van der Waals surface area contributed by atoms with Crippen LogP contribution in [0, 0.1) is 0 Å². The van der Waals surface area contributed by atoms with Gasteiger partial charge in [0.15, 0.2) is 11.5 Å². The molecule has 0 aliphatic carbocycles. The van der Waals surface area contributed by atoms with Crippen molar-refractivity contribution < 1.29 is 9.47 Å². The Labute approximate surface area is 128 Å². The van der Waals surface area contributed by atoms with Gasteiger partial charge in [-0.25, -0.2) is 0 Å². The molecule has 0 radical (unpaired) electrons. The highest BCUT2D eigenvalue weighted by molar-refractivity contribution is 5.39. The fourth-order valence-corrected chi connectivity index (χ4v) is 2.64. The molecule has 0 bridgehead atoms. The molecule has 0 amide bonds. The van der Waals surface area contributed by atoms with Crippen LogP contribution in [0.25, 0.3) is 0 Å². The van der Waals surface area contributed by atoms with Gasteiger partial charge in [0.05, 0.1) is 6.61 Å². The van der Waals surface area contributed by atoms with Gasteiger partial charge in [0, 0.05) is 0 Å². The predicted octanol–water partition coefficient (Wildman–Crippen LogP) is 3.90. The van der Waals surface area contributed by atoms with Gasteiger partial charge in [0.25, 0.3) is 0 Å². The normalized spacial score (nSPS) is 15.6. The van der Waals surface area contributed by atoms with Gasteiger partial charge in [0.2, 0.25) is 0 Å². The second-order valence-electron chi connectivity index (χ2n) is 5.50. The molecule has 3 nitrogen and oxygen atoms in total. The van der Waals surface area contributed by atoms with Crippen LogP contribution >= 0.6 is 0 Å². The predicted molar refractivity (Wildman–Crippen MR) is 87.2 cm³/mol. The van der Waals surface area contributed by atoms with Gasteiger partial charge < -0.3 is 14.4 Å². The van der Waals surface area contributed by atoms with E-state index < -0.39 is 0 Å². The summed E-state index contributed by atoms with van der Waals surface area (Å²) >= 11 is 0. The summed E-state index contributed by atoms with van der Waals surface area (Å²) < 4.78 is 11.4. The molecule has 1 saturated heterocycles. The summed E-state index contributed by atoms with van der Waals surface area (Å²) in [5, 5.41) is 0. The molecule has 0 N–H and O–H groups in total. The topological polar surface area (TPSA) is 21.7 Å². The number of nitrogens with zero attached hydrogens (tertiary/aromatic N) is 1. The molecular weight excluding hydrogens is 262 g/mol. The first-order chi connectivity index (χ1) is 10.4. The molecule has 0 atom stereocenters. The summed E-state index contributed by atoms with van der Waals surface area (Å²) in [6.45, 7) is 8.69. The van der Waals surface area contributed by atoms with E-state index >= 15 is 0 Å². The van der Waals surface area contributed by atoms with Crippen LogP contribution in [-0.4, -0.2) is 37.7 Å². The number of hydrogen-bond acceptors (Lipinski definition) is 3. The summed E-state index contributed by atoms with van der Waals surface area (Å²) in [5.74, 6) is 1.63. The molecule has 0 saturated carbocycles. The molecule has 2 rings (SSSR count). The largest absolute Gasteiger partial charge is 0.490 e. The highest BCUT2D eigenvalue weighted by atomic mass is 16.5. The third-order valence-electron chi connectivity index (χ3n) is 3.78. The van der Waals surface area contributed by atoms with Crippen molar-refractivity contribution in [3.05, 3.63) is 36.9 Å². The van der Waals surface area contributed by atoms with Crippen molar-refractivity contribution in [2.75, 3.05) is 32.8 Å². The molecular formula is C18H27NO2. The number of unbranched alkanes of at least 4 members (excludes halogenated alkanes) is 1. The number of ether oxygens (including phenoxy) is 2. The van der Waals surface area contributed by atoms with E-state index in [1.807, 2.05) is 24.3 Å². The van der Waals surface area contributed by atoms with Crippen molar-refractivity contribution in [1.29, 1.82) is 0 Å². The fraction of sp³-hybridized carbons (Fsp3) is 0.556. The average Bonchev–Trinajstić information content (AvgIpc) is 2.54. The smallest absolute Gasteiger partial charge is 0.161 e. The summed E-state index contributed by atoms with van der Waals surface area (Å²) in [7, 11) is 0. The first-order valence-electron chi connectivity index (χ1n) is 8.08.